The van der Waals surface area contributed by atoms with Gasteiger partial charge < -0.3 is 26.2 Å². The molecule has 3 aromatic rings. The van der Waals surface area contributed by atoms with Crippen LogP contribution < -0.4 is 16.4 Å². The summed E-state index contributed by atoms with van der Waals surface area (Å²) in [4.78, 5) is 43.5. The largest absolute Gasteiger partial charge is 0.433 e. The third kappa shape index (κ3) is 7.48. The van der Waals surface area contributed by atoms with Crippen LogP contribution in [0.1, 0.15) is 97.2 Å². The molecular formula is C35H39F4N7O4. The Hall–Kier alpha value is -4.50. The molecule has 1 saturated heterocycles. The van der Waals surface area contributed by atoms with Crippen molar-refractivity contribution in [3.05, 3.63) is 69.8 Å². The van der Waals surface area contributed by atoms with Crippen molar-refractivity contribution >= 4 is 23.3 Å². The number of nitrogens with two attached hydrogens (primary N) is 2. The average Bonchev–Trinajstić information content (AvgIpc) is 3.98. The van der Waals surface area contributed by atoms with Crippen molar-refractivity contribution in [2.45, 2.75) is 96.2 Å². The number of aliphatic hydroxyl groups is 1. The van der Waals surface area contributed by atoms with Gasteiger partial charge in [0.1, 0.15) is 17.3 Å². The van der Waals surface area contributed by atoms with Crippen LogP contribution in [0.15, 0.2) is 29.3 Å². The summed E-state index contributed by atoms with van der Waals surface area (Å²) in [5, 5.41) is 10.1. The second-order valence-electron chi connectivity index (χ2n) is 13.4. The number of hydrogen-bond donors (Lipinski definition) is 3. The summed E-state index contributed by atoms with van der Waals surface area (Å²) in [6.07, 6.45) is -2.29. The highest BCUT2D eigenvalue weighted by Crippen LogP contribution is 2.42. The molecule has 2 saturated carbocycles. The number of primary amides is 1. The third-order valence-electron chi connectivity index (χ3n) is 9.47. The minimum atomic E-state index is -4.61. The van der Waals surface area contributed by atoms with E-state index in [-0.39, 0.29) is 47.6 Å². The number of amidine groups is 1. The van der Waals surface area contributed by atoms with Gasteiger partial charge in [-0.3, -0.25) is 9.59 Å². The van der Waals surface area contributed by atoms with Gasteiger partial charge >= 0.3 is 6.18 Å². The number of halogens is 4. The standard InChI is InChI=1S/C35H39F4N7O4/c1-16-12-20(34(49)45-31(40)23-8-9-27(35(37,38)39)44-29(23)19-4-5-19)10-11-46(16)26-14-21(13-25(36)24(26)15-50-22-6-7-22)28-17(2)42-33(43-18(28)3)30(47)32(41)48/h8-9,13-14,16,19-20,22,30,47H,4-7,10-12,15H2,1-3H3,(H2,41,48)(H2,40,45,49). The summed E-state index contributed by atoms with van der Waals surface area (Å²) < 4.78 is 61.9. The van der Waals surface area contributed by atoms with Crippen LogP contribution in [0.25, 0.3) is 11.1 Å². The number of aromatic nitrogens is 3. The van der Waals surface area contributed by atoms with Crippen LogP contribution in [0.4, 0.5) is 23.2 Å². The lowest BCUT2D eigenvalue weighted by molar-refractivity contribution is -0.141. The molecule has 266 valence electrons. The predicted molar refractivity (Wildman–Crippen MR) is 175 cm³/mol. The number of amides is 2. The molecule has 6 rings (SSSR count). The van der Waals surface area contributed by atoms with E-state index in [9.17, 15) is 27.9 Å². The lowest BCUT2D eigenvalue weighted by Gasteiger charge is -2.39. The van der Waals surface area contributed by atoms with E-state index in [1.54, 1.807) is 13.8 Å². The third-order valence-corrected chi connectivity index (χ3v) is 9.47. The van der Waals surface area contributed by atoms with Gasteiger partial charge in [0, 0.05) is 58.2 Å². The summed E-state index contributed by atoms with van der Waals surface area (Å²) in [7, 11) is 0. The number of pyridine rings is 1. The van der Waals surface area contributed by atoms with Crippen LogP contribution in [0.3, 0.4) is 0 Å². The molecule has 2 amide bonds. The molecule has 3 fully saturated rings. The highest BCUT2D eigenvalue weighted by atomic mass is 19.4. The number of hydrogen-bond acceptors (Lipinski definition) is 8. The van der Waals surface area contributed by atoms with Crippen molar-refractivity contribution in [2.24, 2.45) is 22.4 Å². The van der Waals surface area contributed by atoms with Crippen molar-refractivity contribution in [2.75, 3.05) is 11.4 Å². The van der Waals surface area contributed by atoms with Crippen LogP contribution in [0.5, 0.6) is 0 Å². The fraction of sp³-hybridized carbons (Fsp3) is 0.486. The molecule has 3 atom stereocenters. The van der Waals surface area contributed by atoms with Gasteiger partial charge in [0.2, 0.25) is 0 Å². The van der Waals surface area contributed by atoms with Crippen molar-refractivity contribution < 1.29 is 37.0 Å². The number of nitrogens with zero attached hydrogens (tertiary/aromatic N) is 5. The number of alkyl halides is 3. The molecular weight excluding hydrogens is 658 g/mol. The molecule has 50 heavy (non-hydrogen) atoms. The number of ether oxygens (including phenoxy) is 1. The number of aliphatic hydroxyl groups excluding tert-OH is 1. The van der Waals surface area contributed by atoms with E-state index in [1.165, 1.54) is 12.1 Å². The number of aliphatic imine (C=N–C) groups is 1. The average molecular weight is 698 g/mol. The van der Waals surface area contributed by atoms with E-state index >= 15 is 4.39 Å². The van der Waals surface area contributed by atoms with Crippen molar-refractivity contribution in [1.29, 1.82) is 0 Å². The maximum Gasteiger partial charge on any atom is 0.433 e. The number of benzene rings is 1. The molecule has 11 nitrogen and oxygen atoms in total. The zero-order chi connectivity index (χ0) is 36.1. The molecule has 0 radical (unpaired) electrons. The van der Waals surface area contributed by atoms with Gasteiger partial charge in [-0.15, -0.1) is 0 Å². The first-order valence-corrected chi connectivity index (χ1v) is 16.6. The monoisotopic (exact) mass is 697 g/mol. The Kier molecular flexibility index (Phi) is 9.66. The number of anilines is 1. The number of carbonyl (C=O) groups is 2. The van der Waals surface area contributed by atoms with Gasteiger partial charge in [-0.2, -0.15) is 18.2 Å². The van der Waals surface area contributed by atoms with Crippen molar-refractivity contribution in [3.63, 3.8) is 0 Å². The first kappa shape index (κ1) is 35.3. The van der Waals surface area contributed by atoms with E-state index in [1.807, 2.05) is 17.9 Å². The smallest absolute Gasteiger partial charge is 0.383 e. The molecule has 2 aliphatic carbocycles. The number of carbonyl (C=O) groups excluding carboxylic acids is 2. The van der Waals surface area contributed by atoms with Gasteiger partial charge in [0.05, 0.1) is 18.4 Å². The molecule has 0 spiro atoms. The van der Waals surface area contributed by atoms with Gasteiger partial charge in [-0.05, 0) is 89.1 Å². The van der Waals surface area contributed by atoms with E-state index in [2.05, 4.69) is 19.9 Å². The van der Waals surface area contributed by atoms with Crippen LogP contribution in [0, 0.1) is 25.6 Å². The van der Waals surface area contributed by atoms with Crippen molar-refractivity contribution in [1.82, 2.24) is 15.0 Å². The summed E-state index contributed by atoms with van der Waals surface area (Å²) >= 11 is 0. The van der Waals surface area contributed by atoms with Gasteiger partial charge in [0.15, 0.2) is 11.9 Å². The Balaban J connectivity index is 1.26. The Bertz CT molecular complexity index is 1840. The summed E-state index contributed by atoms with van der Waals surface area (Å²) in [6, 6.07) is 5.06. The molecule has 3 heterocycles. The maximum absolute atomic E-state index is 16.0. The fourth-order valence-corrected chi connectivity index (χ4v) is 6.55. The van der Waals surface area contributed by atoms with E-state index in [4.69, 9.17) is 16.2 Å². The summed E-state index contributed by atoms with van der Waals surface area (Å²) in [5.41, 5.74) is 13.7. The zero-order valence-corrected chi connectivity index (χ0v) is 27.9. The molecule has 5 N–H and O–H groups in total. The second-order valence-corrected chi connectivity index (χ2v) is 13.4. The highest BCUT2D eigenvalue weighted by Gasteiger charge is 2.37. The Morgan fingerprint density at radius 1 is 1.06 bits per heavy atom. The molecule has 15 heteroatoms. The van der Waals surface area contributed by atoms with E-state index < -0.39 is 41.5 Å². The Labute approximate surface area is 286 Å². The first-order chi connectivity index (χ1) is 23.6. The molecule has 3 aliphatic rings. The molecule has 1 aromatic carbocycles. The minimum absolute atomic E-state index is 0.0568. The van der Waals surface area contributed by atoms with Crippen LogP contribution in [-0.2, 0) is 27.1 Å². The summed E-state index contributed by atoms with van der Waals surface area (Å²) in [6.45, 7) is 5.69. The topological polar surface area (TPSA) is 170 Å². The molecule has 1 aliphatic heterocycles. The van der Waals surface area contributed by atoms with Gasteiger partial charge in [-0.1, -0.05) is 0 Å². The predicted octanol–water partition coefficient (Wildman–Crippen LogP) is 4.93. The fourth-order valence-electron chi connectivity index (χ4n) is 6.55. The van der Waals surface area contributed by atoms with Gasteiger partial charge in [0.25, 0.3) is 11.8 Å². The normalized spacial score (nSPS) is 20.6. The number of piperidine rings is 1. The van der Waals surface area contributed by atoms with Crippen LogP contribution in [-0.4, -0.2) is 56.4 Å². The van der Waals surface area contributed by atoms with Crippen LogP contribution >= 0.6 is 0 Å². The Morgan fingerprint density at radius 3 is 2.32 bits per heavy atom. The lowest BCUT2D eigenvalue weighted by Crippen LogP contribution is -2.43. The number of aryl methyl sites for hydroxylation is 2. The Morgan fingerprint density at radius 2 is 1.74 bits per heavy atom. The minimum Gasteiger partial charge on any atom is -0.383 e. The van der Waals surface area contributed by atoms with Crippen molar-refractivity contribution in [3.8, 4) is 11.1 Å². The maximum atomic E-state index is 16.0. The molecule has 3 unspecified atom stereocenters. The van der Waals surface area contributed by atoms with E-state index in [0.717, 1.165) is 18.9 Å². The van der Waals surface area contributed by atoms with E-state index in [0.29, 0.717) is 66.0 Å². The molecule has 2 aromatic heterocycles. The zero-order valence-electron chi connectivity index (χ0n) is 27.9. The second kappa shape index (κ2) is 13.7. The van der Waals surface area contributed by atoms with Gasteiger partial charge in [-0.25, -0.2) is 19.3 Å². The quantitative estimate of drug-likeness (QED) is 0.151. The SMILES string of the molecule is Cc1nc(C(O)C(N)=O)nc(C)c1-c1cc(F)c(COC2CC2)c(N2CCC(C(=O)N=C(N)c3ccc(C(F)(F)F)nc3C3CC3)CC2C)c1. The molecule has 0 bridgehead atoms. The first-order valence-electron chi connectivity index (χ1n) is 16.6. The lowest BCUT2D eigenvalue weighted by atomic mass is 9.89. The van der Waals surface area contributed by atoms with Crippen LogP contribution in [0.2, 0.25) is 0 Å². The highest BCUT2D eigenvalue weighted by molar-refractivity contribution is 6.05. The number of rotatable bonds is 10. The summed E-state index contributed by atoms with van der Waals surface area (Å²) in [5.74, 6) is -2.94.